The van der Waals surface area contributed by atoms with Crippen molar-refractivity contribution in [1.29, 1.82) is 0 Å². The smallest absolute Gasteiger partial charge is 0.181 e. The van der Waals surface area contributed by atoms with Gasteiger partial charge in [0.05, 0.1) is 0 Å². The van der Waals surface area contributed by atoms with E-state index in [1.54, 1.807) is 0 Å². The van der Waals surface area contributed by atoms with Crippen molar-refractivity contribution in [1.82, 2.24) is 5.23 Å². The molecule has 0 bridgehead atoms. The fourth-order valence-electron chi connectivity index (χ4n) is 0.112. The minimum absolute atomic E-state index is 0.927. The maximum Gasteiger partial charge on any atom is 0.181 e. The van der Waals surface area contributed by atoms with E-state index in [4.69, 9.17) is 0 Å². The minimum atomic E-state index is 0.927. The molecule has 1 nitrogen and oxygen atoms in total. The van der Waals surface area contributed by atoms with Crippen molar-refractivity contribution in [3.8, 4) is 0 Å². The first-order valence-electron chi connectivity index (χ1n) is 1.67. The lowest BCUT2D eigenvalue weighted by molar-refractivity contribution is 1.04. The molecule has 0 amide bonds. The van der Waals surface area contributed by atoms with Crippen LogP contribution >= 0.6 is 12.6 Å². The van der Waals surface area contributed by atoms with Crippen molar-refractivity contribution in [2.24, 2.45) is 0 Å². The van der Waals surface area contributed by atoms with Crippen molar-refractivity contribution in [3.05, 3.63) is 0 Å². The molecule has 0 radical (unpaired) electrons. The molecule has 0 rings (SSSR count). The Balaban J connectivity index is 2.19. The van der Waals surface area contributed by atoms with Gasteiger partial charge in [-0.1, -0.05) is 0 Å². The van der Waals surface area contributed by atoms with Crippen molar-refractivity contribution < 1.29 is 0 Å². The van der Waals surface area contributed by atoms with Gasteiger partial charge in [0.25, 0.3) is 0 Å². The van der Waals surface area contributed by atoms with Gasteiger partial charge in [-0.2, -0.15) is 12.6 Å². The molecule has 0 aromatic carbocycles. The van der Waals surface area contributed by atoms with E-state index in [-0.39, 0.29) is 0 Å². The maximum absolute atomic E-state index is 3.94. The Labute approximate surface area is 39.0 Å². The van der Waals surface area contributed by atoms with E-state index in [0.29, 0.717) is 0 Å². The van der Waals surface area contributed by atoms with Gasteiger partial charge >= 0.3 is 0 Å². The summed E-state index contributed by atoms with van der Waals surface area (Å²) in [4.78, 5) is 0. The Hall–Kier alpha value is 0.375. The van der Waals surface area contributed by atoms with Gasteiger partial charge in [0.2, 0.25) is 0 Å². The quantitative estimate of drug-likeness (QED) is 0.328. The summed E-state index contributed by atoms with van der Waals surface area (Å²) in [5, 5.41) is 2.94. The van der Waals surface area contributed by atoms with Gasteiger partial charge in [0.1, 0.15) is 0 Å². The van der Waals surface area contributed by atoms with Crippen LogP contribution in [0.25, 0.3) is 0 Å². The summed E-state index contributed by atoms with van der Waals surface area (Å²) in [6.45, 7) is 1.00. The van der Waals surface area contributed by atoms with Crippen LogP contribution < -0.4 is 5.23 Å². The van der Waals surface area contributed by atoms with Gasteiger partial charge in [-0.05, 0) is 6.54 Å². The number of thiol groups is 1. The average Bonchev–Trinajstić information content (AvgIpc) is 1.41. The number of nitrogens with one attached hydrogen (secondary N) is 1. The second-order valence-corrected chi connectivity index (χ2v) is 1.27. The van der Waals surface area contributed by atoms with Crippen molar-refractivity contribution in [2.75, 3.05) is 12.3 Å². The molecule has 0 aromatic rings. The molecule has 0 aliphatic heterocycles. The lowest BCUT2D eigenvalue weighted by atomic mass is 10.4. The Morgan fingerprint density at radius 1 is 1.80 bits per heavy atom. The standard InChI is InChI=1S/C2H8BNS/c3-4-1-2-5/h4-5H,1-3H2. The monoisotopic (exact) mass is 89.0 g/mol. The summed E-state index contributed by atoms with van der Waals surface area (Å²) in [5.41, 5.74) is 0. The lowest BCUT2D eigenvalue weighted by Gasteiger charge is -1.84. The van der Waals surface area contributed by atoms with Crippen molar-refractivity contribution in [2.45, 2.75) is 0 Å². The number of rotatable bonds is 2. The van der Waals surface area contributed by atoms with Crippen LogP contribution in [0.2, 0.25) is 0 Å². The van der Waals surface area contributed by atoms with Crippen molar-refractivity contribution in [3.63, 3.8) is 0 Å². The molecule has 0 unspecified atom stereocenters. The first-order valence-corrected chi connectivity index (χ1v) is 2.30. The molecule has 0 fully saturated rings. The molecule has 0 aliphatic carbocycles. The van der Waals surface area contributed by atoms with Gasteiger partial charge in [-0.3, -0.25) is 0 Å². The highest BCUT2D eigenvalue weighted by molar-refractivity contribution is 7.80. The first kappa shape index (κ1) is 5.37. The Morgan fingerprint density at radius 2 is 2.40 bits per heavy atom. The largest absolute Gasteiger partial charge is 0.361 e. The van der Waals surface area contributed by atoms with Gasteiger partial charge in [-0.15, -0.1) is 0 Å². The van der Waals surface area contributed by atoms with E-state index < -0.39 is 0 Å². The zero-order chi connectivity index (χ0) is 4.12. The summed E-state index contributed by atoms with van der Waals surface area (Å²) in [6.07, 6.45) is 0. The third kappa shape index (κ3) is 4.37. The van der Waals surface area contributed by atoms with E-state index in [1.807, 2.05) is 7.98 Å². The molecule has 0 saturated carbocycles. The zero-order valence-electron chi connectivity index (χ0n) is 3.36. The van der Waals surface area contributed by atoms with Gasteiger partial charge in [-0.25, -0.2) is 0 Å². The van der Waals surface area contributed by atoms with E-state index in [9.17, 15) is 0 Å². The molecular weight excluding hydrogens is 80.9 g/mol. The summed E-state index contributed by atoms with van der Waals surface area (Å²) >= 11 is 3.94. The highest BCUT2D eigenvalue weighted by atomic mass is 32.1. The normalized spacial score (nSPS) is 8.20. The predicted molar refractivity (Wildman–Crippen MR) is 30.4 cm³/mol. The Morgan fingerprint density at radius 3 is 2.40 bits per heavy atom. The van der Waals surface area contributed by atoms with E-state index in [0.717, 1.165) is 12.3 Å². The predicted octanol–water partition coefficient (Wildman–Crippen LogP) is -0.946. The van der Waals surface area contributed by atoms with Crippen LogP contribution in [-0.4, -0.2) is 20.3 Å². The van der Waals surface area contributed by atoms with E-state index in [2.05, 4.69) is 17.9 Å². The molecule has 30 valence electrons. The molecule has 5 heavy (non-hydrogen) atoms. The van der Waals surface area contributed by atoms with Crippen LogP contribution in [0.15, 0.2) is 0 Å². The van der Waals surface area contributed by atoms with Crippen LogP contribution in [0.5, 0.6) is 0 Å². The molecule has 0 heterocycles. The fraction of sp³-hybridized carbons (Fsp3) is 1.00. The highest BCUT2D eigenvalue weighted by Crippen LogP contribution is 1.62. The van der Waals surface area contributed by atoms with Gasteiger partial charge < -0.3 is 5.23 Å². The highest BCUT2D eigenvalue weighted by Gasteiger charge is 1.65. The van der Waals surface area contributed by atoms with Crippen LogP contribution in [0.3, 0.4) is 0 Å². The topological polar surface area (TPSA) is 12.0 Å². The molecule has 0 atom stereocenters. The zero-order valence-corrected chi connectivity index (χ0v) is 4.26. The third-order valence-electron chi connectivity index (χ3n) is 0.362. The minimum Gasteiger partial charge on any atom is -0.361 e. The molecule has 0 spiro atoms. The van der Waals surface area contributed by atoms with E-state index in [1.165, 1.54) is 0 Å². The summed E-state index contributed by atoms with van der Waals surface area (Å²) in [5.74, 6) is 0.927. The van der Waals surface area contributed by atoms with Crippen LogP contribution in [0.4, 0.5) is 0 Å². The Kier molecular flexibility index (Phi) is 4.70. The molecule has 0 aliphatic rings. The molecule has 1 N–H and O–H groups in total. The fourth-order valence-corrected chi connectivity index (χ4v) is 0.335. The Bertz CT molecular complexity index is 17.1. The molecule has 0 saturated heterocycles. The van der Waals surface area contributed by atoms with Crippen molar-refractivity contribution >= 4 is 20.6 Å². The summed E-state index contributed by atoms with van der Waals surface area (Å²) in [7, 11) is 1.91. The summed E-state index contributed by atoms with van der Waals surface area (Å²) in [6, 6.07) is 0. The number of hydrogen-bond acceptors (Lipinski definition) is 2. The van der Waals surface area contributed by atoms with Gasteiger partial charge in [0.15, 0.2) is 7.98 Å². The van der Waals surface area contributed by atoms with Crippen LogP contribution in [0, 0.1) is 0 Å². The van der Waals surface area contributed by atoms with E-state index >= 15 is 0 Å². The molecule has 0 aromatic heterocycles. The SMILES string of the molecule is BNCCS. The third-order valence-corrected chi connectivity index (χ3v) is 0.585. The second kappa shape index (κ2) is 4.37. The van der Waals surface area contributed by atoms with Crippen LogP contribution in [0.1, 0.15) is 0 Å². The average molecular weight is 89.0 g/mol. The van der Waals surface area contributed by atoms with Gasteiger partial charge in [0, 0.05) is 5.75 Å². The molecular formula is C2H8BNS. The number of hydrogen-bond donors (Lipinski definition) is 2. The molecule has 3 heteroatoms. The second-order valence-electron chi connectivity index (χ2n) is 0.827. The maximum atomic E-state index is 3.94. The van der Waals surface area contributed by atoms with Crippen LogP contribution in [-0.2, 0) is 0 Å². The first-order chi connectivity index (χ1) is 2.41. The lowest BCUT2D eigenvalue weighted by Crippen LogP contribution is -2.10. The summed E-state index contributed by atoms with van der Waals surface area (Å²) < 4.78 is 0.